The summed E-state index contributed by atoms with van der Waals surface area (Å²) in [7, 11) is 0. The van der Waals surface area contributed by atoms with Crippen LogP contribution in [0, 0.1) is 17.6 Å². The molecule has 0 spiro atoms. The molecule has 10 heteroatoms. The lowest BCUT2D eigenvalue weighted by Gasteiger charge is -2.37. The van der Waals surface area contributed by atoms with Crippen molar-refractivity contribution in [3.8, 4) is 5.75 Å². The fourth-order valence-electron chi connectivity index (χ4n) is 5.32. The summed E-state index contributed by atoms with van der Waals surface area (Å²) in [5, 5.41) is 15.6. The fraction of sp³-hybridized carbons (Fsp3) is 0.481. The predicted octanol–water partition coefficient (Wildman–Crippen LogP) is 3.03. The van der Waals surface area contributed by atoms with Crippen molar-refractivity contribution < 1.29 is 37.7 Å². The third kappa shape index (κ3) is 5.76. The van der Waals surface area contributed by atoms with Crippen LogP contribution in [0.1, 0.15) is 42.7 Å². The Morgan fingerprint density at radius 2 is 1.89 bits per heavy atom. The quantitative estimate of drug-likeness (QED) is 0.523. The summed E-state index contributed by atoms with van der Waals surface area (Å²) in [6, 6.07) is 8.57. The Labute approximate surface area is 213 Å². The molecule has 0 unspecified atom stereocenters. The van der Waals surface area contributed by atoms with Gasteiger partial charge in [-0.25, -0.2) is 8.78 Å². The first-order valence-corrected chi connectivity index (χ1v) is 12.6. The van der Waals surface area contributed by atoms with Crippen LogP contribution < -0.4 is 15.4 Å². The number of benzene rings is 2. The number of hydrogen-bond acceptors (Lipinski definition) is 6. The van der Waals surface area contributed by atoms with Crippen molar-refractivity contribution in [2.24, 2.45) is 5.92 Å². The molecule has 0 saturated carbocycles. The second-order valence-electron chi connectivity index (χ2n) is 9.75. The third-order valence-electron chi connectivity index (χ3n) is 7.26. The highest BCUT2D eigenvalue weighted by Crippen LogP contribution is 2.47. The van der Waals surface area contributed by atoms with Crippen molar-refractivity contribution in [1.29, 1.82) is 0 Å². The van der Waals surface area contributed by atoms with E-state index in [0.717, 1.165) is 23.8 Å². The second kappa shape index (κ2) is 11.1. The van der Waals surface area contributed by atoms with Gasteiger partial charge >= 0.3 is 0 Å². The van der Waals surface area contributed by atoms with Gasteiger partial charge in [-0.15, -0.1) is 0 Å². The monoisotopic (exact) mass is 516 g/mol. The Kier molecular flexibility index (Phi) is 7.68. The van der Waals surface area contributed by atoms with E-state index in [-0.39, 0.29) is 48.8 Å². The number of rotatable bonds is 7. The van der Waals surface area contributed by atoms with E-state index in [4.69, 9.17) is 14.2 Å². The van der Waals surface area contributed by atoms with Crippen LogP contribution in [-0.2, 0) is 25.6 Å². The lowest BCUT2D eigenvalue weighted by atomic mass is 9.84. The average molecular weight is 517 g/mol. The largest absolute Gasteiger partial charge is 0.487 e. The molecular formula is C27H30F2N2O6. The van der Waals surface area contributed by atoms with Crippen molar-refractivity contribution in [3.05, 3.63) is 59.2 Å². The Morgan fingerprint density at radius 3 is 2.68 bits per heavy atom. The van der Waals surface area contributed by atoms with Gasteiger partial charge in [0.2, 0.25) is 11.8 Å². The molecule has 2 aromatic rings. The van der Waals surface area contributed by atoms with Crippen LogP contribution in [-0.4, -0.2) is 55.1 Å². The molecule has 2 saturated heterocycles. The molecular weight excluding hydrogens is 486 g/mol. The molecule has 2 amide bonds. The van der Waals surface area contributed by atoms with E-state index in [1.165, 1.54) is 0 Å². The van der Waals surface area contributed by atoms with E-state index in [0.29, 0.717) is 43.9 Å². The zero-order valence-electron chi connectivity index (χ0n) is 20.3. The number of anilines is 1. The van der Waals surface area contributed by atoms with Crippen LogP contribution >= 0.6 is 0 Å². The highest BCUT2D eigenvalue weighted by molar-refractivity contribution is 5.92. The van der Waals surface area contributed by atoms with Gasteiger partial charge in [0.1, 0.15) is 29.6 Å². The van der Waals surface area contributed by atoms with E-state index < -0.39 is 29.9 Å². The fourth-order valence-corrected chi connectivity index (χ4v) is 5.32. The molecule has 4 atom stereocenters. The first-order chi connectivity index (χ1) is 17.9. The number of halogens is 2. The van der Waals surface area contributed by atoms with Crippen LogP contribution in [0.4, 0.5) is 14.5 Å². The summed E-state index contributed by atoms with van der Waals surface area (Å²) in [5.41, 5.74) is 1.61. The Balaban J connectivity index is 1.24. The van der Waals surface area contributed by atoms with E-state index in [1.54, 1.807) is 12.1 Å². The molecule has 198 valence electrons. The van der Waals surface area contributed by atoms with Gasteiger partial charge in [0.25, 0.3) is 0 Å². The van der Waals surface area contributed by atoms with Gasteiger partial charge in [-0.1, -0.05) is 0 Å². The van der Waals surface area contributed by atoms with Gasteiger partial charge in [-0.2, -0.15) is 0 Å². The van der Waals surface area contributed by atoms with Crippen LogP contribution in [0.3, 0.4) is 0 Å². The topological polar surface area (TPSA) is 106 Å². The number of amides is 2. The highest BCUT2D eigenvalue weighted by atomic mass is 19.1. The molecule has 3 N–H and O–H groups in total. The van der Waals surface area contributed by atoms with Gasteiger partial charge < -0.3 is 30.0 Å². The van der Waals surface area contributed by atoms with Crippen molar-refractivity contribution in [2.45, 2.75) is 56.5 Å². The maximum absolute atomic E-state index is 13.9. The van der Waals surface area contributed by atoms with E-state index >= 15 is 0 Å². The van der Waals surface area contributed by atoms with Gasteiger partial charge in [-0.3, -0.25) is 9.59 Å². The second-order valence-corrected chi connectivity index (χ2v) is 9.75. The lowest BCUT2D eigenvalue weighted by molar-refractivity contribution is -0.142. The van der Waals surface area contributed by atoms with Gasteiger partial charge in [-0.05, 0) is 55.7 Å². The Morgan fingerprint density at radius 1 is 1.08 bits per heavy atom. The number of fused-ring (bicyclic) bond motifs is 3. The highest BCUT2D eigenvalue weighted by Gasteiger charge is 2.46. The molecule has 8 nitrogen and oxygen atoms in total. The lowest BCUT2D eigenvalue weighted by Crippen LogP contribution is -2.47. The predicted molar refractivity (Wildman–Crippen MR) is 129 cm³/mol. The summed E-state index contributed by atoms with van der Waals surface area (Å²) in [4.78, 5) is 25.3. The number of carbonyl (C=O) groups excluding carboxylic acids is 2. The molecule has 3 aliphatic heterocycles. The zero-order chi connectivity index (χ0) is 25.9. The zero-order valence-corrected chi connectivity index (χ0v) is 20.3. The number of aliphatic hydroxyl groups is 1. The summed E-state index contributed by atoms with van der Waals surface area (Å²) in [6.07, 6.45) is 0.281. The van der Waals surface area contributed by atoms with Crippen molar-refractivity contribution in [3.63, 3.8) is 0 Å². The SMILES string of the molecule is O=C(C[C@H]1C[C@@H]2c3cc(NC(=O)C4CCOCC4)ccc3O[C@@H]2[C@@H](CO)O1)NCc1cc(F)ccc1F. The Hall–Kier alpha value is -3.08. The molecule has 0 aliphatic carbocycles. The van der Waals surface area contributed by atoms with Gasteiger partial charge in [0.05, 0.1) is 19.1 Å². The number of aliphatic hydroxyl groups excluding tert-OH is 1. The minimum atomic E-state index is -0.634. The summed E-state index contributed by atoms with van der Waals surface area (Å²) < 4.78 is 44.7. The molecule has 0 aromatic heterocycles. The number of hydrogen-bond donors (Lipinski definition) is 3. The number of carbonyl (C=O) groups is 2. The molecule has 3 heterocycles. The molecule has 2 fully saturated rings. The third-order valence-corrected chi connectivity index (χ3v) is 7.26. The normalized spacial score (nSPS) is 25.1. The van der Waals surface area contributed by atoms with Crippen LogP contribution in [0.25, 0.3) is 0 Å². The van der Waals surface area contributed by atoms with Gasteiger partial charge in [0, 0.05) is 48.4 Å². The van der Waals surface area contributed by atoms with Gasteiger partial charge in [0.15, 0.2) is 0 Å². The first kappa shape index (κ1) is 25.6. The minimum Gasteiger partial charge on any atom is -0.487 e. The van der Waals surface area contributed by atoms with Crippen molar-refractivity contribution in [2.75, 3.05) is 25.1 Å². The number of nitrogens with one attached hydrogen (secondary N) is 2. The molecule has 2 aromatic carbocycles. The van der Waals surface area contributed by atoms with E-state index in [9.17, 15) is 23.5 Å². The molecule has 37 heavy (non-hydrogen) atoms. The summed E-state index contributed by atoms with van der Waals surface area (Å²) >= 11 is 0. The standard InChI is InChI=1S/C27H30F2N2O6/c28-17-1-3-22(29)16(9-17)13-30-25(33)12-19-11-21-20-10-18(31-27(34)15-5-7-35-8-6-15)2-4-23(20)37-26(21)24(14-32)36-19/h1-4,9-10,15,19,21,24,26,32H,5-8,11-14H2,(H,30,33)(H,31,34)/t19-,21-,24-,26+/m1/s1. The molecule has 3 aliphatic rings. The van der Waals surface area contributed by atoms with Crippen LogP contribution in [0.2, 0.25) is 0 Å². The van der Waals surface area contributed by atoms with E-state index in [1.807, 2.05) is 6.07 Å². The van der Waals surface area contributed by atoms with Crippen molar-refractivity contribution in [1.82, 2.24) is 5.32 Å². The van der Waals surface area contributed by atoms with Crippen molar-refractivity contribution >= 4 is 17.5 Å². The molecule has 0 bridgehead atoms. The maximum Gasteiger partial charge on any atom is 0.227 e. The molecule has 5 rings (SSSR count). The summed E-state index contributed by atoms with van der Waals surface area (Å²) in [6.45, 7) is 0.727. The molecule has 0 radical (unpaired) electrons. The smallest absolute Gasteiger partial charge is 0.227 e. The average Bonchev–Trinajstić information content (AvgIpc) is 3.27. The maximum atomic E-state index is 13.9. The Bertz CT molecular complexity index is 1160. The minimum absolute atomic E-state index is 0.00777. The summed E-state index contributed by atoms with van der Waals surface area (Å²) in [5.74, 6) is -1.16. The first-order valence-electron chi connectivity index (χ1n) is 12.6. The van der Waals surface area contributed by atoms with Crippen LogP contribution in [0.15, 0.2) is 36.4 Å². The van der Waals surface area contributed by atoms with E-state index in [2.05, 4.69) is 10.6 Å². The number of ether oxygens (including phenoxy) is 3. The van der Waals surface area contributed by atoms with Crippen LogP contribution in [0.5, 0.6) is 5.75 Å².